The Hall–Kier alpha value is -0.440. The summed E-state index contributed by atoms with van der Waals surface area (Å²) in [6.07, 6.45) is 1.32. The third-order valence-electron chi connectivity index (χ3n) is 2.49. The van der Waals surface area contributed by atoms with Gasteiger partial charge in [-0.2, -0.15) is 0 Å². The third-order valence-corrected chi connectivity index (χ3v) is 2.49. The van der Waals surface area contributed by atoms with E-state index in [0.717, 1.165) is 11.8 Å². The van der Waals surface area contributed by atoms with Crippen molar-refractivity contribution in [3.63, 3.8) is 0 Å². The number of hydrogen-bond acceptors (Lipinski definition) is 0. The maximum absolute atomic E-state index is 3.21. The van der Waals surface area contributed by atoms with Crippen molar-refractivity contribution >= 4 is 0 Å². The first-order valence-electron chi connectivity index (χ1n) is 3.68. The van der Waals surface area contributed by atoms with Crippen LogP contribution < -0.4 is 0 Å². The number of hydrogen-bond donors (Lipinski definition) is 0. The van der Waals surface area contributed by atoms with Gasteiger partial charge in [0.05, 0.1) is 0 Å². The first-order valence-corrected chi connectivity index (χ1v) is 3.68. The fraction of sp³-hybridized carbons (Fsp3) is 0.778. The SMILES string of the molecule is CC#CC1CC(C)C1C. The van der Waals surface area contributed by atoms with Crippen LogP contribution >= 0.6 is 0 Å². The summed E-state index contributed by atoms with van der Waals surface area (Å²) in [5.41, 5.74) is 0. The topological polar surface area (TPSA) is 0 Å². The molecule has 0 aromatic carbocycles. The average molecular weight is 122 g/mol. The molecule has 0 aromatic heterocycles. The number of rotatable bonds is 0. The highest BCUT2D eigenvalue weighted by Crippen LogP contribution is 2.38. The highest BCUT2D eigenvalue weighted by molar-refractivity contribution is 5.07. The minimum Gasteiger partial charge on any atom is -0.106 e. The third kappa shape index (κ3) is 1.10. The van der Waals surface area contributed by atoms with E-state index in [0.29, 0.717) is 5.92 Å². The zero-order valence-corrected chi connectivity index (χ0v) is 6.44. The molecule has 0 nitrogen and oxygen atoms in total. The minimum absolute atomic E-state index is 0.713. The summed E-state index contributed by atoms with van der Waals surface area (Å²) in [5, 5.41) is 0. The van der Waals surface area contributed by atoms with Crippen molar-refractivity contribution in [2.75, 3.05) is 0 Å². The van der Waals surface area contributed by atoms with Gasteiger partial charge in [0.25, 0.3) is 0 Å². The Balaban J connectivity index is 2.39. The molecule has 1 fully saturated rings. The predicted molar refractivity (Wildman–Crippen MR) is 39.9 cm³/mol. The van der Waals surface area contributed by atoms with Gasteiger partial charge in [-0.05, 0) is 25.2 Å². The lowest BCUT2D eigenvalue weighted by Gasteiger charge is -2.37. The summed E-state index contributed by atoms with van der Waals surface area (Å²) in [4.78, 5) is 0. The van der Waals surface area contributed by atoms with Crippen LogP contribution in [-0.4, -0.2) is 0 Å². The van der Waals surface area contributed by atoms with Crippen molar-refractivity contribution in [1.82, 2.24) is 0 Å². The molecule has 0 heterocycles. The van der Waals surface area contributed by atoms with Gasteiger partial charge in [-0.3, -0.25) is 0 Å². The fourth-order valence-corrected chi connectivity index (χ4v) is 1.41. The van der Waals surface area contributed by atoms with Crippen molar-refractivity contribution in [1.29, 1.82) is 0 Å². The van der Waals surface area contributed by atoms with Crippen LogP contribution in [0, 0.1) is 29.6 Å². The molecule has 1 saturated carbocycles. The quantitative estimate of drug-likeness (QED) is 0.432. The highest BCUT2D eigenvalue weighted by atomic mass is 14.4. The molecule has 0 amide bonds. The molecule has 0 N–H and O–H groups in total. The molecular formula is C9H14. The minimum atomic E-state index is 0.713. The second-order valence-corrected chi connectivity index (χ2v) is 3.07. The van der Waals surface area contributed by atoms with Crippen LogP contribution in [-0.2, 0) is 0 Å². The lowest BCUT2D eigenvalue weighted by Crippen LogP contribution is -2.31. The van der Waals surface area contributed by atoms with Crippen LogP contribution in [0.1, 0.15) is 27.2 Å². The van der Waals surface area contributed by atoms with Gasteiger partial charge < -0.3 is 0 Å². The lowest BCUT2D eigenvalue weighted by atomic mass is 9.67. The second-order valence-electron chi connectivity index (χ2n) is 3.07. The first-order chi connectivity index (χ1) is 4.25. The molecule has 1 rings (SSSR count). The molecule has 0 spiro atoms. The molecule has 0 saturated heterocycles. The van der Waals surface area contributed by atoms with Crippen LogP contribution in [0.15, 0.2) is 0 Å². The Morgan fingerprint density at radius 2 is 2.00 bits per heavy atom. The Kier molecular flexibility index (Phi) is 1.81. The van der Waals surface area contributed by atoms with Crippen LogP contribution in [0.25, 0.3) is 0 Å². The molecule has 1 aliphatic carbocycles. The van der Waals surface area contributed by atoms with E-state index in [2.05, 4.69) is 25.7 Å². The van der Waals surface area contributed by atoms with Gasteiger partial charge in [0.1, 0.15) is 0 Å². The molecule has 0 bridgehead atoms. The van der Waals surface area contributed by atoms with E-state index in [1.807, 2.05) is 6.92 Å². The Labute approximate surface area is 57.7 Å². The maximum Gasteiger partial charge on any atom is 0.0233 e. The van der Waals surface area contributed by atoms with Gasteiger partial charge in [-0.25, -0.2) is 0 Å². The summed E-state index contributed by atoms with van der Waals surface area (Å²) in [6.45, 7) is 6.53. The molecule has 3 atom stereocenters. The average Bonchev–Trinajstić information content (AvgIpc) is 1.88. The van der Waals surface area contributed by atoms with Gasteiger partial charge in [-0.1, -0.05) is 19.8 Å². The van der Waals surface area contributed by atoms with Crippen LogP contribution in [0.3, 0.4) is 0 Å². The standard InChI is InChI=1S/C9H14/c1-4-5-9-6-7(2)8(9)3/h7-9H,6H2,1-3H3. The van der Waals surface area contributed by atoms with Crippen LogP contribution in [0.2, 0.25) is 0 Å². The Morgan fingerprint density at radius 1 is 1.33 bits per heavy atom. The lowest BCUT2D eigenvalue weighted by molar-refractivity contribution is 0.153. The first kappa shape index (κ1) is 6.68. The zero-order chi connectivity index (χ0) is 6.85. The van der Waals surface area contributed by atoms with E-state index in [9.17, 15) is 0 Å². The molecule has 1 aliphatic rings. The van der Waals surface area contributed by atoms with E-state index in [-0.39, 0.29) is 0 Å². The smallest absolute Gasteiger partial charge is 0.0233 e. The van der Waals surface area contributed by atoms with Crippen LogP contribution in [0.5, 0.6) is 0 Å². The largest absolute Gasteiger partial charge is 0.106 e. The molecule has 0 heteroatoms. The molecule has 3 unspecified atom stereocenters. The summed E-state index contributed by atoms with van der Waals surface area (Å²) in [6, 6.07) is 0. The predicted octanol–water partition coefficient (Wildman–Crippen LogP) is 2.30. The molecular weight excluding hydrogens is 108 g/mol. The van der Waals surface area contributed by atoms with E-state index >= 15 is 0 Å². The van der Waals surface area contributed by atoms with E-state index < -0.39 is 0 Å². The zero-order valence-electron chi connectivity index (χ0n) is 6.44. The van der Waals surface area contributed by atoms with Crippen molar-refractivity contribution < 1.29 is 0 Å². The van der Waals surface area contributed by atoms with Gasteiger partial charge >= 0.3 is 0 Å². The fourth-order valence-electron chi connectivity index (χ4n) is 1.41. The van der Waals surface area contributed by atoms with Gasteiger partial charge in [0.2, 0.25) is 0 Å². The highest BCUT2D eigenvalue weighted by Gasteiger charge is 2.32. The summed E-state index contributed by atoms with van der Waals surface area (Å²) < 4.78 is 0. The second kappa shape index (κ2) is 2.43. The molecule has 9 heavy (non-hydrogen) atoms. The molecule has 50 valence electrons. The normalized spacial score (nSPS) is 40.6. The van der Waals surface area contributed by atoms with E-state index in [1.54, 1.807) is 0 Å². The van der Waals surface area contributed by atoms with E-state index in [4.69, 9.17) is 0 Å². The van der Waals surface area contributed by atoms with Gasteiger partial charge in [-0.15, -0.1) is 5.92 Å². The van der Waals surface area contributed by atoms with Crippen molar-refractivity contribution in [3.8, 4) is 11.8 Å². The monoisotopic (exact) mass is 122 g/mol. The van der Waals surface area contributed by atoms with Gasteiger partial charge in [0.15, 0.2) is 0 Å². The van der Waals surface area contributed by atoms with Crippen molar-refractivity contribution in [2.45, 2.75) is 27.2 Å². The Morgan fingerprint density at radius 3 is 2.33 bits per heavy atom. The van der Waals surface area contributed by atoms with Crippen LogP contribution in [0.4, 0.5) is 0 Å². The molecule has 0 aliphatic heterocycles. The summed E-state index contributed by atoms with van der Waals surface area (Å²) in [7, 11) is 0. The van der Waals surface area contributed by atoms with Crippen molar-refractivity contribution in [3.05, 3.63) is 0 Å². The van der Waals surface area contributed by atoms with Crippen molar-refractivity contribution in [2.24, 2.45) is 17.8 Å². The summed E-state index contributed by atoms with van der Waals surface area (Å²) in [5.74, 6) is 8.65. The maximum atomic E-state index is 3.21. The van der Waals surface area contributed by atoms with E-state index in [1.165, 1.54) is 6.42 Å². The Bertz CT molecular complexity index is 147. The molecule has 0 radical (unpaired) electrons. The summed E-state index contributed by atoms with van der Waals surface area (Å²) >= 11 is 0. The van der Waals surface area contributed by atoms with Gasteiger partial charge in [0, 0.05) is 5.92 Å². The molecule has 0 aromatic rings.